The number of benzene rings is 2. The summed E-state index contributed by atoms with van der Waals surface area (Å²) >= 11 is 0. The number of nitrogens with zero attached hydrogens (tertiary/aromatic N) is 3. The largest absolute Gasteiger partial charge is 0.348 e. The van der Waals surface area contributed by atoms with E-state index >= 15 is 0 Å². The second kappa shape index (κ2) is 10.0. The zero-order valence-corrected chi connectivity index (χ0v) is 18.3. The lowest BCUT2D eigenvalue weighted by Crippen LogP contribution is -2.46. The minimum atomic E-state index is -0.407. The fraction of sp³-hybridized carbons (Fsp3) is 0.240. The Bertz CT molecular complexity index is 1160. The highest BCUT2D eigenvalue weighted by atomic mass is 16.2. The van der Waals surface area contributed by atoms with Crippen LogP contribution in [0.3, 0.4) is 0 Å². The van der Waals surface area contributed by atoms with E-state index in [1.807, 2.05) is 42.2 Å². The Labute approximate surface area is 192 Å². The van der Waals surface area contributed by atoms with Crippen LogP contribution in [-0.2, 0) is 0 Å². The molecule has 0 unspecified atom stereocenters. The van der Waals surface area contributed by atoms with Crippen LogP contribution < -0.4 is 10.6 Å². The molecule has 2 N–H and O–H groups in total. The second-order valence-electron chi connectivity index (χ2n) is 7.98. The Morgan fingerprint density at radius 3 is 2.30 bits per heavy atom. The van der Waals surface area contributed by atoms with Gasteiger partial charge in [-0.3, -0.25) is 14.4 Å². The molecule has 8 nitrogen and oxygen atoms in total. The van der Waals surface area contributed by atoms with Crippen LogP contribution >= 0.6 is 0 Å². The lowest BCUT2D eigenvalue weighted by molar-refractivity contribution is 0.0697. The standard InChI is InChI=1S/C25H25N5O3/c1-17-6-5-9-19(16-17)25(33)30-14-10-20(11-15-30)28-24(32)21-22(27-13-12-26-21)29-23(31)18-7-3-2-4-8-18/h2-9,12-13,16,20H,10-11,14-15H2,1H3,(H,28,32)(H,27,29,31). The predicted molar refractivity (Wildman–Crippen MR) is 124 cm³/mol. The SMILES string of the molecule is Cc1cccc(C(=O)N2CCC(NC(=O)c3nccnc3NC(=O)c3ccccc3)CC2)c1. The van der Waals surface area contributed by atoms with Crippen LogP contribution in [0.25, 0.3) is 0 Å². The minimum absolute atomic E-state index is 0.00307. The third-order valence-corrected chi connectivity index (χ3v) is 5.56. The van der Waals surface area contributed by atoms with Crippen LogP contribution in [0.2, 0.25) is 0 Å². The number of nitrogens with one attached hydrogen (secondary N) is 2. The van der Waals surface area contributed by atoms with Crippen molar-refractivity contribution in [1.82, 2.24) is 20.2 Å². The van der Waals surface area contributed by atoms with Gasteiger partial charge in [-0.25, -0.2) is 9.97 Å². The molecule has 3 amide bonds. The summed E-state index contributed by atoms with van der Waals surface area (Å²) in [4.78, 5) is 48.2. The molecule has 1 saturated heterocycles. The summed E-state index contributed by atoms with van der Waals surface area (Å²) in [5, 5.41) is 5.63. The Kier molecular flexibility index (Phi) is 6.73. The fourth-order valence-corrected chi connectivity index (χ4v) is 3.81. The average Bonchev–Trinajstić information content (AvgIpc) is 2.85. The molecule has 4 rings (SSSR count). The number of aryl methyl sites for hydroxylation is 1. The van der Waals surface area contributed by atoms with E-state index in [9.17, 15) is 14.4 Å². The van der Waals surface area contributed by atoms with Gasteiger partial charge in [0.25, 0.3) is 17.7 Å². The van der Waals surface area contributed by atoms with E-state index in [1.54, 1.807) is 24.3 Å². The summed E-state index contributed by atoms with van der Waals surface area (Å²) in [5.41, 5.74) is 2.23. The van der Waals surface area contributed by atoms with E-state index in [4.69, 9.17) is 0 Å². The quantitative estimate of drug-likeness (QED) is 0.631. The van der Waals surface area contributed by atoms with Gasteiger partial charge in [-0.15, -0.1) is 0 Å². The van der Waals surface area contributed by atoms with E-state index in [2.05, 4.69) is 20.6 Å². The van der Waals surface area contributed by atoms with Gasteiger partial charge in [-0.1, -0.05) is 35.9 Å². The number of rotatable bonds is 5. The predicted octanol–water partition coefficient (Wildman–Crippen LogP) is 3.07. The molecular formula is C25H25N5O3. The van der Waals surface area contributed by atoms with E-state index in [0.29, 0.717) is 37.1 Å². The van der Waals surface area contributed by atoms with Crippen molar-refractivity contribution in [3.8, 4) is 0 Å². The molecule has 33 heavy (non-hydrogen) atoms. The minimum Gasteiger partial charge on any atom is -0.348 e. The molecule has 2 aromatic carbocycles. The highest BCUT2D eigenvalue weighted by Gasteiger charge is 2.26. The first kappa shape index (κ1) is 22.1. The molecule has 168 valence electrons. The zero-order valence-electron chi connectivity index (χ0n) is 18.3. The third kappa shape index (κ3) is 5.41. The molecule has 0 spiro atoms. The van der Waals surface area contributed by atoms with Gasteiger partial charge in [-0.05, 0) is 44.0 Å². The van der Waals surface area contributed by atoms with Crippen molar-refractivity contribution in [3.63, 3.8) is 0 Å². The molecule has 1 aliphatic heterocycles. The summed E-state index contributed by atoms with van der Waals surface area (Å²) in [5.74, 6) is -0.665. The van der Waals surface area contributed by atoms with Crippen molar-refractivity contribution in [2.45, 2.75) is 25.8 Å². The van der Waals surface area contributed by atoms with Gasteiger partial charge in [-0.2, -0.15) is 0 Å². The summed E-state index contributed by atoms with van der Waals surface area (Å²) < 4.78 is 0. The number of amides is 3. The van der Waals surface area contributed by atoms with Crippen molar-refractivity contribution in [2.75, 3.05) is 18.4 Å². The van der Waals surface area contributed by atoms with Crippen LogP contribution in [-0.4, -0.2) is 51.7 Å². The van der Waals surface area contributed by atoms with Gasteiger partial charge >= 0.3 is 0 Å². The molecule has 2 heterocycles. The first-order valence-electron chi connectivity index (χ1n) is 10.9. The van der Waals surface area contributed by atoms with Crippen LogP contribution in [0, 0.1) is 6.92 Å². The number of hydrogen-bond acceptors (Lipinski definition) is 5. The number of carbonyl (C=O) groups excluding carboxylic acids is 3. The summed E-state index contributed by atoms with van der Waals surface area (Å²) in [6.45, 7) is 3.06. The second-order valence-corrected chi connectivity index (χ2v) is 7.98. The first-order chi connectivity index (χ1) is 16.0. The maximum atomic E-state index is 12.9. The monoisotopic (exact) mass is 443 g/mol. The molecule has 0 atom stereocenters. The molecule has 1 aliphatic rings. The van der Waals surface area contributed by atoms with Crippen LogP contribution in [0.5, 0.6) is 0 Å². The van der Waals surface area contributed by atoms with Gasteiger partial charge in [0.05, 0.1) is 0 Å². The van der Waals surface area contributed by atoms with Crippen molar-refractivity contribution in [3.05, 3.63) is 89.4 Å². The number of anilines is 1. The topological polar surface area (TPSA) is 104 Å². The first-order valence-corrected chi connectivity index (χ1v) is 10.9. The molecule has 8 heteroatoms. The Balaban J connectivity index is 1.36. The lowest BCUT2D eigenvalue weighted by Gasteiger charge is -2.32. The van der Waals surface area contributed by atoms with E-state index in [0.717, 1.165) is 5.56 Å². The molecule has 0 aliphatic carbocycles. The molecule has 0 bridgehead atoms. The van der Waals surface area contributed by atoms with Crippen molar-refractivity contribution < 1.29 is 14.4 Å². The van der Waals surface area contributed by atoms with Crippen LogP contribution in [0.4, 0.5) is 5.82 Å². The van der Waals surface area contributed by atoms with Gasteiger partial charge in [0.1, 0.15) is 0 Å². The Morgan fingerprint density at radius 2 is 1.58 bits per heavy atom. The number of likely N-dealkylation sites (tertiary alicyclic amines) is 1. The fourth-order valence-electron chi connectivity index (χ4n) is 3.81. The van der Waals surface area contributed by atoms with Crippen molar-refractivity contribution >= 4 is 23.5 Å². The highest BCUT2D eigenvalue weighted by Crippen LogP contribution is 2.17. The summed E-state index contributed by atoms with van der Waals surface area (Å²) in [6.07, 6.45) is 4.10. The molecule has 1 fully saturated rings. The van der Waals surface area contributed by atoms with Gasteiger partial charge < -0.3 is 15.5 Å². The maximum absolute atomic E-state index is 12.9. The normalized spacial score (nSPS) is 13.9. The Morgan fingerprint density at radius 1 is 0.879 bits per heavy atom. The van der Waals surface area contributed by atoms with E-state index < -0.39 is 5.91 Å². The average molecular weight is 444 g/mol. The van der Waals surface area contributed by atoms with Crippen LogP contribution in [0.1, 0.15) is 49.6 Å². The zero-order chi connectivity index (χ0) is 23.2. The number of piperidine rings is 1. The molecule has 0 saturated carbocycles. The number of aromatic nitrogens is 2. The van der Waals surface area contributed by atoms with E-state index in [-0.39, 0.29) is 29.4 Å². The Hall–Kier alpha value is -4.07. The third-order valence-electron chi connectivity index (χ3n) is 5.56. The number of hydrogen-bond donors (Lipinski definition) is 2. The molecular weight excluding hydrogens is 418 g/mol. The van der Waals surface area contributed by atoms with Gasteiger partial charge in [0.15, 0.2) is 11.5 Å². The number of carbonyl (C=O) groups is 3. The lowest BCUT2D eigenvalue weighted by atomic mass is 10.0. The van der Waals surface area contributed by atoms with E-state index in [1.165, 1.54) is 12.4 Å². The molecule has 1 aromatic heterocycles. The van der Waals surface area contributed by atoms with Crippen LogP contribution in [0.15, 0.2) is 67.0 Å². The van der Waals surface area contributed by atoms with Gasteiger partial charge in [0.2, 0.25) is 0 Å². The summed E-state index contributed by atoms with van der Waals surface area (Å²) in [6, 6.07) is 16.1. The van der Waals surface area contributed by atoms with Crippen molar-refractivity contribution in [2.24, 2.45) is 0 Å². The smallest absolute Gasteiger partial charge is 0.273 e. The maximum Gasteiger partial charge on any atom is 0.273 e. The molecule has 0 radical (unpaired) electrons. The summed E-state index contributed by atoms with van der Waals surface area (Å²) in [7, 11) is 0. The molecule has 3 aromatic rings. The van der Waals surface area contributed by atoms with Crippen molar-refractivity contribution in [1.29, 1.82) is 0 Å². The highest BCUT2D eigenvalue weighted by molar-refractivity contribution is 6.07. The van der Waals surface area contributed by atoms with Gasteiger partial charge in [0, 0.05) is 42.7 Å².